The number of ether oxygens (including phenoxy) is 1. The minimum Gasteiger partial charge on any atom is -0.483 e. The molecule has 23 heavy (non-hydrogen) atoms. The monoisotopic (exact) mass is 317 g/mol. The van der Waals surface area contributed by atoms with Crippen molar-refractivity contribution in [2.45, 2.75) is 26.2 Å². The van der Waals surface area contributed by atoms with E-state index in [-0.39, 0.29) is 12.3 Å². The molecule has 3 N–H and O–H groups in total. The second-order valence-electron chi connectivity index (χ2n) is 5.17. The van der Waals surface area contributed by atoms with Crippen molar-refractivity contribution in [3.05, 3.63) is 56.9 Å². The molecule has 1 aromatic heterocycles. The van der Waals surface area contributed by atoms with E-state index in [9.17, 15) is 14.4 Å². The number of carbonyl (C=O) groups excluding carboxylic acids is 1. The molecule has 1 amide bonds. The average Bonchev–Trinajstić information content (AvgIpc) is 2.55. The van der Waals surface area contributed by atoms with Crippen molar-refractivity contribution in [2.75, 3.05) is 11.9 Å². The second kappa shape index (κ2) is 7.44. The van der Waals surface area contributed by atoms with E-state index in [1.54, 1.807) is 0 Å². The van der Waals surface area contributed by atoms with Crippen LogP contribution in [0.5, 0.6) is 5.75 Å². The van der Waals surface area contributed by atoms with Gasteiger partial charge < -0.3 is 15.0 Å². The molecular weight excluding hydrogens is 298 g/mol. The Balaban J connectivity index is 2.02. The van der Waals surface area contributed by atoms with E-state index in [1.807, 2.05) is 29.2 Å². The summed E-state index contributed by atoms with van der Waals surface area (Å²) in [4.78, 5) is 38.6. The van der Waals surface area contributed by atoms with Crippen molar-refractivity contribution >= 4 is 11.6 Å². The Morgan fingerprint density at radius 2 is 2.04 bits per heavy atom. The normalized spacial score (nSPS) is 11.7. The van der Waals surface area contributed by atoms with E-state index in [0.29, 0.717) is 11.7 Å². The maximum Gasteiger partial charge on any atom is 0.325 e. The molecule has 0 radical (unpaired) electrons. The minimum atomic E-state index is -0.665. The molecule has 7 heteroatoms. The van der Waals surface area contributed by atoms with Crippen LogP contribution in [0.2, 0.25) is 0 Å². The van der Waals surface area contributed by atoms with E-state index in [4.69, 9.17) is 4.74 Å². The predicted molar refractivity (Wildman–Crippen MR) is 87.0 cm³/mol. The summed E-state index contributed by atoms with van der Waals surface area (Å²) >= 11 is 0. The van der Waals surface area contributed by atoms with E-state index in [2.05, 4.69) is 24.1 Å². The maximum absolute atomic E-state index is 11.9. The maximum atomic E-state index is 11.9. The smallest absolute Gasteiger partial charge is 0.325 e. The van der Waals surface area contributed by atoms with Gasteiger partial charge in [0.05, 0.1) is 0 Å². The molecule has 122 valence electrons. The summed E-state index contributed by atoms with van der Waals surface area (Å²) in [7, 11) is 0. The van der Waals surface area contributed by atoms with Crippen LogP contribution in [-0.2, 0) is 4.79 Å². The van der Waals surface area contributed by atoms with Crippen molar-refractivity contribution in [1.82, 2.24) is 9.97 Å². The topological polar surface area (TPSA) is 104 Å². The molecule has 0 bridgehead atoms. The molecule has 7 nitrogen and oxygen atoms in total. The zero-order valence-electron chi connectivity index (χ0n) is 13.0. The first-order chi connectivity index (χ1) is 11.0. The van der Waals surface area contributed by atoms with Crippen LogP contribution >= 0.6 is 0 Å². The number of amides is 1. The van der Waals surface area contributed by atoms with Crippen LogP contribution in [-0.4, -0.2) is 22.5 Å². The van der Waals surface area contributed by atoms with Crippen molar-refractivity contribution < 1.29 is 9.53 Å². The zero-order chi connectivity index (χ0) is 16.8. The summed E-state index contributed by atoms with van der Waals surface area (Å²) in [6.07, 6.45) is 2.10. The minimum absolute atomic E-state index is 0.0339. The number of rotatable bonds is 6. The fraction of sp³-hybridized carbons (Fsp3) is 0.312. The molecule has 2 aromatic rings. The van der Waals surface area contributed by atoms with Crippen molar-refractivity contribution in [3.8, 4) is 5.75 Å². The number of nitrogens with one attached hydrogen (secondary N) is 3. The molecule has 1 heterocycles. The van der Waals surface area contributed by atoms with Gasteiger partial charge in [-0.15, -0.1) is 0 Å². The van der Waals surface area contributed by atoms with Gasteiger partial charge in [0.15, 0.2) is 6.61 Å². The van der Waals surface area contributed by atoms with Crippen LogP contribution in [0.1, 0.15) is 31.7 Å². The Bertz CT molecular complexity index is 794. The first-order valence-electron chi connectivity index (χ1n) is 7.34. The molecule has 1 unspecified atom stereocenters. The molecule has 0 aliphatic carbocycles. The molecule has 0 aliphatic rings. The quantitative estimate of drug-likeness (QED) is 0.752. The third kappa shape index (κ3) is 4.32. The Labute approximate surface area is 132 Å². The highest BCUT2D eigenvalue weighted by atomic mass is 16.5. The molecule has 0 saturated heterocycles. The first kappa shape index (κ1) is 16.5. The Kier molecular flexibility index (Phi) is 5.35. The van der Waals surface area contributed by atoms with Gasteiger partial charge in [-0.1, -0.05) is 32.0 Å². The number of aromatic amines is 2. The molecule has 0 saturated carbocycles. The van der Waals surface area contributed by atoms with Crippen LogP contribution in [0, 0.1) is 0 Å². The van der Waals surface area contributed by atoms with Gasteiger partial charge in [-0.25, -0.2) is 4.79 Å². The van der Waals surface area contributed by atoms with Crippen LogP contribution < -0.4 is 21.3 Å². The number of aromatic nitrogens is 2. The number of carbonyl (C=O) groups is 1. The van der Waals surface area contributed by atoms with Gasteiger partial charge in [0.25, 0.3) is 11.5 Å². The van der Waals surface area contributed by atoms with Gasteiger partial charge >= 0.3 is 5.69 Å². The van der Waals surface area contributed by atoms with Crippen LogP contribution in [0.25, 0.3) is 0 Å². The van der Waals surface area contributed by atoms with Crippen LogP contribution in [0.15, 0.2) is 40.1 Å². The van der Waals surface area contributed by atoms with Crippen molar-refractivity contribution in [1.29, 1.82) is 0 Å². The molecular formula is C16H19N3O4. The lowest BCUT2D eigenvalue weighted by atomic mass is 9.98. The third-order valence-electron chi connectivity index (χ3n) is 3.51. The van der Waals surface area contributed by atoms with Crippen LogP contribution in [0.3, 0.4) is 0 Å². The van der Waals surface area contributed by atoms with Crippen molar-refractivity contribution in [3.63, 3.8) is 0 Å². The van der Waals surface area contributed by atoms with Gasteiger partial charge in [0.1, 0.15) is 11.4 Å². The summed E-state index contributed by atoms with van der Waals surface area (Å²) in [6.45, 7) is 3.94. The Morgan fingerprint density at radius 3 is 2.74 bits per heavy atom. The van der Waals surface area contributed by atoms with Gasteiger partial charge in [0, 0.05) is 6.20 Å². The first-order valence-corrected chi connectivity index (χ1v) is 7.34. The van der Waals surface area contributed by atoms with E-state index in [1.165, 1.54) is 0 Å². The lowest BCUT2D eigenvalue weighted by Gasteiger charge is -2.15. The SMILES string of the molecule is CCC(C)c1ccccc1OCC(=O)Nc1c[nH]c(=O)[nH]c1=O. The number of para-hydroxylation sites is 1. The fourth-order valence-electron chi connectivity index (χ4n) is 2.07. The molecule has 1 atom stereocenters. The summed E-state index contributed by atoms with van der Waals surface area (Å²) in [6, 6.07) is 7.54. The summed E-state index contributed by atoms with van der Waals surface area (Å²) in [5.74, 6) is 0.477. The highest BCUT2D eigenvalue weighted by Crippen LogP contribution is 2.28. The molecule has 0 aliphatic heterocycles. The number of H-pyrrole nitrogens is 2. The van der Waals surface area contributed by atoms with Crippen molar-refractivity contribution in [2.24, 2.45) is 0 Å². The van der Waals surface area contributed by atoms with Gasteiger partial charge in [-0.2, -0.15) is 0 Å². The van der Waals surface area contributed by atoms with E-state index in [0.717, 1.165) is 18.2 Å². The molecule has 0 spiro atoms. The van der Waals surface area contributed by atoms with Gasteiger partial charge in [-0.05, 0) is 24.0 Å². The lowest BCUT2D eigenvalue weighted by molar-refractivity contribution is -0.118. The standard InChI is InChI=1S/C16H19N3O4/c1-3-10(2)11-6-4-5-7-13(11)23-9-14(20)18-12-8-17-16(22)19-15(12)21/h4-8,10H,3,9H2,1-2H3,(H,18,20)(H2,17,19,21,22). The molecule has 2 rings (SSSR count). The summed E-state index contributed by atoms with van der Waals surface area (Å²) in [5, 5.41) is 2.39. The Morgan fingerprint density at radius 1 is 1.30 bits per heavy atom. The Hall–Kier alpha value is -2.83. The zero-order valence-corrected chi connectivity index (χ0v) is 13.0. The number of hydrogen-bond acceptors (Lipinski definition) is 4. The van der Waals surface area contributed by atoms with Gasteiger partial charge in [-0.3, -0.25) is 14.6 Å². The second-order valence-corrected chi connectivity index (χ2v) is 5.17. The highest BCUT2D eigenvalue weighted by Gasteiger charge is 2.12. The third-order valence-corrected chi connectivity index (χ3v) is 3.51. The fourth-order valence-corrected chi connectivity index (χ4v) is 2.07. The molecule has 0 fully saturated rings. The molecule has 1 aromatic carbocycles. The average molecular weight is 317 g/mol. The number of hydrogen-bond donors (Lipinski definition) is 3. The van der Waals surface area contributed by atoms with Gasteiger partial charge in [0.2, 0.25) is 0 Å². The van der Waals surface area contributed by atoms with E-state index >= 15 is 0 Å². The van der Waals surface area contributed by atoms with Crippen LogP contribution in [0.4, 0.5) is 5.69 Å². The van der Waals surface area contributed by atoms with E-state index < -0.39 is 17.2 Å². The number of benzene rings is 1. The number of anilines is 1. The highest BCUT2D eigenvalue weighted by molar-refractivity contribution is 5.91. The predicted octanol–water partition coefficient (Wildman–Crippen LogP) is 1.59. The summed E-state index contributed by atoms with van der Waals surface area (Å²) in [5.41, 5.74) is -0.299. The largest absolute Gasteiger partial charge is 0.483 e. The lowest BCUT2D eigenvalue weighted by Crippen LogP contribution is -2.28. The summed E-state index contributed by atoms with van der Waals surface area (Å²) < 4.78 is 5.56.